The van der Waals surface area contributed by atoms with Crippen molar-refractivity contribution in [2.24, 2.45) is 0 Å². The van der Waals surface area contributed by atoms with Crippen molar-refractivity contribution in [3.05, 3.63) is 0 Å². The number of rotatable bonds is 7. The Bertz CT molecular complexity index is 219. The Labute approximate surface area is 104 Å². The van der Waals surface area contributed by atoms with Gasteiger partial charge in [-0.2, -0.15) is 0 Å². The number of aliphatic hydroxyl groups is 1. The van der Waals surface area contributed by atoms with Gasteiger partial charge in [0.25, 0.3) is 0 Å². The lowest BCUT2D eigenvalue weighted by atomic mass is 10.1. The molecule has 2 aliphatic rings. The number of piperidine rings is 1. The minimum atomic E-state index is -0.240. The molecule has 0 aromatic carbocycles. The zero-order chi connectivity index (χ0) is 12.1. The average molecular weight is 242 g/mol. The van der Waals surface area contributed by atoms with E-state index in [4.69, 9.17) is 4.74 Å². The number of nitrogens with zero attached hydrogens (tertiary/aromatic N) is 1. The van der Waals surface area contributed by atoms with Crippen LogP contribution in [0.4, 0.5) is 0 Å². The molecule has 1 aliphatic heterocycles. The molecule has 0 aromatic heterocycles. The first kappa shape index (κ1) is 13.3. The molecule has 2 atom stereocenters. The van der Waals surface area contributed by atoms with Crippen molar-refractivity contribution in [3.63, 3.8) is 0 Å². The summed E-state index contributed by atoms with van der Waals surface area (Å²) in [5, 5.41) is 13.3. The van der Waals surface area contributed by atoms with Crippen molar-refractivity contribution in [3.8, 4) is 0 Å². The molecule has 4 heteroatoms. The van der Waals surface area contributed by atoms with Crippen LogP contribution in [0.25, 0.3) is 0 Å². The van der Waals surface area contributed by atoms with Gasteiger partial charge in [0, 0.05) is 32.3 Å². The van der Waals surface area contributed by atoms with E-state index in [2.05, 4.69) is 10.2 Å². The number of ether oxygens (including phenoxy) is 1. The second kappa shape index (κ2) is 6.69. The predicted molar refractivity (Wildman–Crippen MR) is 68.1 cm³/mol. The van der Waals surface area contributed by atoms with E-state index in [0.717, 1.165) is 32.8 Å². The van der Waals surface area contributed by atoms with Crippen LogP contribution < -0.4 is 5.32 Å². The Balaban J connectivity index is 1.62. The van der Waals surface area contributed by atoms with E-state index in [-0.39, 0.29) is 6.10 Å². The monoisotopic (exact) mass is 242 g/mol. The van der Waals surface area contributed by atoms with E-state index in [0.29, 0.717) is 12.1 Å². The maximum atomic E-state index is 9.95. The van der Waals surface area contributed by atoms with E-state index >= 15 is 0 Å². The molecule has 2 unspecified atom stereocenters. The summed E-state index contributed by atoms with van der Waals surface area (Å²) in [4.78, 5) is 2.34. The van der Waals surface area contributed by atoms with Gasteiger partial charge in [-0.15, -0.1) is 0 Å². The quantitative estimate of drug-likeness (QED) is 0.686. The smallest absolute Gasteiger partial charge is 0.0791 e. The van der Waals surface area contributed by atoms with Crippen molar-refractivity contribution in [2.75, 3.05) is 32.8 Å². The van der Waals surface area contributed by atoms with Gasteiger partial charge in [-0.1, -0.05) is 0 Å². The van der Waals surface area contributed by atoms with E-state index in [1.54, 1.807) is 0 Å². The zero-order valence-corrected chi connectivity index (χ0v) is 10.9. The van der Waals surface area contributed by atoms with E-state index in [9.17, 15) is 5.11 Å². The van der Waals surface area contributed by atoms with Crippen molar-refractivity contribution >= 4 is 0 Å². The fraction of sp³-hybridized carbons (Fsp3) is 1.00. The normalized spacial score (nSPS) is 28.2. The van der Waals surface area contributed by atoms with Crippen LogP contribution in [0.3, 0.4) is 0 Å². The fourth-order valence-corrected chi connectivity index (χ4v) is 2.50. The second-order valence-electron chi connectivity index (χ2n) is 5.32. The Morgan fingerprint density at radius 3 is 2.94 bits per heavy atom. The lowest BCUT2D eigenvalue weighted by Gasteiger charge is -2.33. The topological polar surface area (TPSA) is 44.7 Å². The van der Waals surface area contributed by atoms with E-state index in [1.165, 1.54) is 25.7 Å². The third kappa shape index (κ3) is 4.92. The highest BCUT2D eigenvalue weighted by molar-refractivity contribution is 4.83. The van der Waals surface area contributed by atoms with Gasteiger partial charge in [-0.3, -0.25) is 4.90 Å². The number of nitrogens with one attached hydrogen (secondary N) is 1. The first-order chi connectivity index (χ1) is 8.28. The molecular weight excluding hydrogens is 216 g/mol. The summed E-state index contributed by atoms with van der Waals surface area (Å²) in [5.74, 6) is 0. The minimum Gasteiger partial charge on any atom is -0.390 e. The molecule has 0 aromatic rings. The average Bonchev–Trinajstić information content (AvgIpc) is 3.11. The first-order valence-electron chi connectivity index (χ1n) is 7.03. The number of β-amino-alcohol motifs (C(OH)–C–C–N with tert-alkyl or cyclic N) is 1. The summed E-state index contributed by atoms with van der Waals surface area (Å²) in [5.41, 5.74) is 0. The van der Waals surface area contributed by atoms with Crippen LogP contribution >= 0.6 is 0 Å². The Morgan fingerprint density at radius 2 is 2.24 bits per heavy atom. The van der Waals surface area contributed by atoms with Crippen LogP contribution in [0, 0.1) is 0 Å². The number of aliphatic hydroxyl groups excluding tert-OH is 1. The van der Waals surface area contributed by atoms with Crippen molar-refractivity contribution in [1.82, 2.24) is 10.2 Å². The van der Waals surface area contributed by atoms with Crippen LogP contribution in [-0.4, -0.2) is 61.0 Å². The maximum absolute atomic E-state index is 9.95. The molecule has 0 amide bonds. The summed E-state index contributed by atoms with van der Waals surface area (Å²) in [7, 11) is 0. The summed E-state index contributed by atoms with van der Waals surface area (Å²) in [6.07, 6.45) is 5.05. The Hall–Kier alpha value is -0.160. The van der Waals surface area contributed by atoms with Gasteiger partial charge >= 0.3 is 0 Å². The summed E-state index contributed by atoms with van der Waals surface area (Å²) >= 11 is 0. The standard InChI is InChI=1S/C13H26N2O2/c1-2-17-13-4-3-7-15(10-13)9-12(16)8-14-11-5-6-11/h11-14,16H,2-10H2,1H3. The molecule has 100 valence electrons. The molecule has 2 fully saturated rings. The van der Waals surface area contributed by atoms with E-state index < -0.39 is 0 Å². The SMILES string of the molecule is CCOC1CCCN(CC(O)CNC2CC2)C1. The number of hydrogen-bond donors (Lipinski definition) is 2. The summed E-state index contributed by atoms with van der Waals surface area (Å²) < 4.78 is 5.66. The largest absolute Gasteiger partial charge is 0.390 e. The number of likely N-dealkylation sites (tertiary alicyclic amines) is 1. The Morgan fingerprint density at radius 1 is 1.41 bits per heavy atom. The minimum absolute atomic E-state index is 0.240. The van der Waals surface area contributed by atoms with Gasteiger partial charge in [0.15, 0.2) is 0 Å². The van der Waals surface area contributed by atoms with Gasteiger partial charge in [0.1, 0.15) is 0 Å². The molecule has 1 aliphatic carbocycles. The molecule has 17 heavy (non-hydrogen) atoms. The lowest BCUT2D eigenvalue weighted by molar-refractivity contribution is -0.00660. The Kier molecular flexibility index (Phi) is 5.22. The molecule has 2 N–H and O–H groups in total. The van der Waals surface area contributed by atoms with E-state index in [1.807, 2.05) is 6.92 Å². The molecule has 0 radical (unpaired) electrons. The molecule has 1 saturated heterocycles. The van der Waals surface area contributed by atoms with Crippen LogP contribution in [0.2, 0.25) is 0 Å². The third-order valence-corrected chi connectivity index (χ3v) is 3.55. The van der Waals surface area contributed by atoms with Gasteiger partial charge in [-0.25, -0.2) is 0 Å². The van der Waals surface area contributed by atoms with Crippen molar-refractivity contribution in [2.45, 2.75) is 50.9 Å². The van der Waals surface area contributed by atoms with Crippen LogP contribution in [-0.2, 0) is 4.74 Å². The fourth-order valence-electron chi connectivity index (χ4n) is 2.50. The zero-order valence-electron chi connectivity index (χ0n) is 10.9. The molecule has 4 nitrogen and oxygen atoms in total. The van der Waals surface area contributed by atoms with Gasteiger partial charge in [0.2, 0.25) is 0 Å². The third-order valence-electron chi connectivity index (χ3n) is 3.55. The van der Waals surface area contributed by atoms with Crippen LogP contribution in [0.15, 0.2) is 0 Å². The summed E-state index contributed by atoms with van der Waals surface area (Å²) in [6, 6.07) is 0.683. The first-order valence-corrected chi connectivity index (χ1v) is 7.03. The second-order valence-corrected chi connectivity index (χ2v) is 5.32. The maximum Gasteiger partial charge on any atom is 0.0791 e. The predicted octanol–water partition coefficient (Wildman–Crippen LogP) is 0.600. The van der Waals surface area contributed by atoms with Gasteiger partial charge < -0.3 is 15.2 Å². The van der Waals surface area contributed by atoms with Gasteiger partial charge in [0.05, 0.1) is 12.2 Å². The number of hydrogen-bond acceptors (Lipinski definition) is 4. The molecule has 2 rings (SSSR count). The highest BCUT2D eigenvalue weighted by Crippen LogP contribution is 2.18. The van der Waals surface area contributed by atoms with Crippen LogP contribution in [0.1, 0.15) is 32.6 Å². The molecule has 1 saturated carbocycles. The van der Waals surface area contributed by atoms with Crippen molar-refractivity contribution < 1.29 is 9.84 Å². The molecule has 1 heterocycles. The lowest BCUT2D eigenvalue weighted by Crippen LogP contribution is -2.45. The molecule has 0 spiro atoms. The van der Waals surface area contributed by atoms with Crippen LogP contribution in [0.5, 0.6) is 0 Å². The molecular formula is C13H26N2O2. The van der Waals surface area contributed by atoms with Gasteiger partial charge in [-0.05, 0) is 39.2 Å². The summed E-state index contributed by atoms with van der Waals surface area (Å²) in [6.45, 7) is 6.44. The van der Waals surface area contributed by atoms with Crippen molar-refractivity contribution in [1.29, 1.82) is 0 Å². The molecule has 0 bridgehead atoms. The highest BCUT2D eigenvalue weighted by Gasteiger charge is 2.24. The highest BCUT2D eigenvalue weighted by atomic mass is 16.5.